The summed E-state index contributed by atoms with van der Waals surface area (Å²) in [5.74, 6) is -0.389. The van der Waals surface area contributed by atoms with Crippen molar-refractivity contribution in [1.82, 2.24) is 4.31 Å². The number of amides is 2. The lowest BCUT2D eigenvalue weighted by molar-refractivity contribution is -0.114. The quantitative estimate of drug-likeness (QED) is 0.680. The summed E-state index contributed by atoms with van der Waals surface area (Å²) in [6.45, 7) is 6.28. The largest absolute Gasteiger partial charge is 0.492 e. The third-order valence-corrected chi connectivity index (χ3v) is 6.91. The van der Waals surface area contributed by atoms with Gasteiger partial charge in [-0.25, -0.2) is 8.42 Å². The Labute approximate surface area is 182 Å². The van der Waals surface area contributed by atoms with Crippen LogP contribution in [0.2, 0.25) is 0 Å². The Morgan fingerprint density at radius 2 is 1.77 bits per heavy atom. The second kappa shape index (κ2) is 9.49. The molecule has 0 saturated carbocycles. The van der Waals surface area contributed by atoms with E-state index < -0.39 is 15.9 Å². The number of hydrogen-bond donors (Lipinski definition) is 2. The molecule has 2 aromatic carbocycles. The minimum Gasteiger partial charge on any atom is -0.492 e. The maximum absolute atomic E-state index is 13.1. The van der Waals surface area contributed by atoms with E-state index in [9.17, 15) is 18.0 Å². The Hall–Kier alpha value is -2.91. The normalized spacial score (nSPS) is 14.3. The van der Waals surface area contributed by atoms with Crippen LogP contribution < -0.4 is 15.4 Å². The number of ether oxygens (including phenoxy) is 1. The minimum absolute atomic E-state index is 0.0388. The molecule has 8 nitrogen and oxygen atoms in total. The van der Waals surface area contributed by atoms with Crippen molar-refractivity contribution in [2.45, 2.75) is 38.5 Å². The van der Waals surface area contributed by atoms with Gasteiger partial charge < -0.3 is 15.4 Å². The summed E-state index contributed by atoms with van der Waals surface area (Å²) < 4.78 is 33.2. The van der Waals surface area contributed by atoms with Crippen molar-refractivity contribution in [3.05, 3.63) is 47.5 Å². The third kappa shape index (κ3) is 5.23. The number of nitrogens with zero attached hydrogens (tertiary/aromatic N) is 1. The van der Waals surface area contributed by atoms with E-state index in [0.717, 1.165) is 18.4 Å². The van der Waals surface area contributed by atoms with Crippen molar-refractivity contribution >= 4 is 33.2 Å². The number of carbonyl (C=O) groups is 2. The van der Waals surface area contributed by atoms with Gasteiger partial charge in [0.05, 0.1) is 6.61 Å². The maximum Gasteiger partial charge on any atom is 0.255 e. The van der Waals surface area contributed by atoms with Crippen LogP contribution in [0.4, 0.5) is 11.4 Å². The van der Waals surface area contributed by atoms with Crippen LogP contribution in [0.25, 0.3) is 0 Å². The summed E-state index contributed by atoms with van der Waals surface area (Å²) in [6.07, 6.45) is 1.65. The molecule has 0 spiro atoms. The zero-order valence-electron chi connectivity index (χ0n) is 17.9. The molecule has 2 amide bonds. The number of sulfonamides is 1. The minimum atomic E-state index is -3.73. The molecule has 0 bridgehead atoms. The zero-order valence-corrected chi connectivity index (χ0v) is 18.7. The van der Waals surface area contributed by atoms with Gasteiger partial charge >= 0.3 is 0 Å². The summed E-state index contributed by atoms with van der Waals surface area (Å²) in [5, 5.41) is 5.43. The third-order valence-electron chi connectivity index (χ3n) is 4.99. The van der Waals surface area contributed by atoms with Crippen LogP contribution in [0.5, 0.6) is 5.75 Å². The highest BCUT2D eigenvalue weighted by Crippen LogP contribution is 2.32. The first kappa shape index (κ1) is 22.8. The second-order valence-electron chi connectivity index (χ2n) is 7.37. The Kier molecular flexibility index (Phi) is 6.97. The lowest BCUT2D eigenvalue weighted by Gasteiger charge is -2.19. The lowest BCUT2D eigenvalue weighted by atomic mass is 10.1. The molecule has 2 aromatic rings. The number of anilines is 2. The molecule has 1 aliphatic heterocycles. The molecule has 0 aliphatic carbocycles. The number of benzene rings is 2. The standard InChI is InChI=1S/C22H27N3O5S/c1-4-30-20-10-9-18(14-21(20)31(28,29)25-11-5-6-12-25)24-22(27)17-8-7-15(2)19(13-17)23-16(3)26/h7-10,13-14H,4-6,11-12H2,1-3H3,(H,23,26)(H,24,27). The summed E-state index contributed by atoms with van der Waals surface area (Å²) in [5.41, 5.74) is 2.05. The number of rotatable bonds is 7. The number of carbonyl (C=O) groups excluding carboxylic acids is 2. The first-order valence-corrected chi connectivity index (χ1v) is 11.6. The van der Waals surface area contributed by atoms with Gasteiger partial charge in [0.2, 0.25) is 15.9 Å². The number of aryl methyl sites for hydroxylation is 1. The number of hydrogen-bond acceptors (Lipinski definition) is 5. The van der Waals surface area contributed by atoms with Crippen LogP contribution >= 0.6 is 0 Å². The van der Waals surface area contributed by atoms with Crippen molar-refractivity contribution < 1.29 is 22.7 Å². The van der Waals surface area contributed by atoms with Gasteiger partial charge in [-0.3, -0.25) is 9.59 Å². The van der Waals surface area contributed by atoms with E-state index in [4.69, 9.17) is 4.74 Å². The van der Waals surface area contributed by atoms with Gasteiger partial charge in [-0.15, -0.1) is 0 Å². The van der Waals surface area contributed by atoms with Crippen molar-refractivity contribution in [3.8, 4) is 5.75 Å². The van der Waals surface area contributed by atoms with Crippen LogP contribution in [-0.4, -0.2) is 44.2 Å². The summed E-state index contributed by atoms with van der Waals surface area (Å²) >= 11 is 0. The van der Waals surface area contributed by atoms with Gasteiger partial charge in [0.25, 0.3) is 5.91 Å². The molecule has 0 aromatic heterocycles. The molecule has 3 rings (SSSR count). The lowest BCUT2D eigenvalue weighted by Crippen LogP contribution is -2.28. The molecule has 9 heteroatoms. The molecule has 31 heavy (non-hydrogen) atoms. The molecule has 1 fully saturated rings. The highest BCUT2D eigenvalue weighted by molar-refractivity contribution is 7.89. The molecule has 1 saturated heterocycles. The Morgan fingerprint density at radius 1 is 1.06 bits per heavy atom. The van der Waals surface area contributed by atoms with E-state index in [1.807, 2.05) is 6.92 Å². The van der Waals surface area contributed by atoms with Crippen LogP contribution in [0, 0.1) is 6.92 Å². The maximum atomic E-state index is 13.1. The van der Waals surface area contributed by atoms with Crippen LogP contribution in [-0.2, 0) is 14.8 Å². The smallest absolute Gasteiger partial charge is 0.255 e. The molecular weight excluding hydrogens is 418 g/mol. The van der Waals surface area contributed by atoms with E-state index in [1.165, 1.54) is 17.3 Å². The summed E-state index contributed by atoms with van der Waals surface area (Å²) in [7, 11) is -3.73. The van der Waals surface area contributed by atoms with Gasteiger partial charge in [-0.2, -0.15) is 4.31 Å². The van der Waals surface area contributed by atoms with Gasteiger partial charge in [-0.05, 0) is 62.6 Å². The molecule has 1 heterocycles. The topological polar surface area (TPSA) is 105 Å². The highest BCUT2D eigenvalue weighted by Gasteiger charge is 2.30. The van der Waals surface area contributed by atoms with Crippen LogP contribution in [0.1, 0.15) is 42.6 Å². The van der Waals surface area contributed by atoms with Crippen molar-refractivity contribution in [3.63, 3.8) is 0 Å². The van der Waals surface area contributed by atoms with Crippen molar-refractivity contribution in [2.24, 2.45) is 0 Å². The molecule has 0 unspecified atom stereocenters. The molecule has 1 aliphatic rings. The van der Waals surface area contributed by atoms with E-state index in [-0.39, 0.29) is 16.6 Å². The second-order valence-corrected chi connectivity index (χ2v) is 9.28. The van der Waals surface area contributed by atoms with Gasteiger partial charge in [0, 0.05) is 37.0 Å². The molecule has 0 radical (unpaired) electrons. The van der Waals surface area contributed by atoms with Crippen LogP contribution in [0.3, 0.4) is 0 Å². The van der Waals surface area contributed by atoms with Gasteiger partial charge in [0.15, 0.2) is 0 Å². The molecule has 2 N–H and O–H groups in total. The first-order chi connectivity index (χ1) is 14.7. The highest BCUT2D eigenvalue weighted by atomic mass is 32.2. The molecule has 0 atom stereocenters. The Balaban J connectivity index is 1.90. The molecular formula is C22H27N3O5S. The fourth-order valence-corrected chi connectivity index (χ4v) is 5.09. The van der Waals surface area contributed by atoms with E-state index in [0.29, 0.717) is 36.6 Å². The zero-order chi connectivity index (χ0) is 22.6. The van der Waals surface area contributed by atoms with E-state index in [2.05, 4.69) is 10.6 Å². The van der Waals surface area contributed by atoms with Crippen molar-refractivity contribution in [1.29, 1.82) is 0 Å². The monoisotopic (exact) mass is 445 g/mol. The predicted molar refractivity (Wildman–Crippen MR) is 119 cm³/mol. The van der Waals surface area contributed by atoms with Crippen molar-refractivity contribution in [2.75, 3.05) is 30.3 Å². The van der Waals surface area contributed by atoms with E-state index >= 15 is 0 Å². The number of nitrogens with one attached hydrogen (secondary N) is 2. The Bertz CT molecular complexity index is 1090. The van der Waals surface area contributed by atoms with Gasteiger partial charge in [-0.1, -0.05) is 6.07 Å². The fraction of sp³-hybridized carbons (Fsp3) is 0.364. The van der Waals surface area contributed by atoms with E-state index in [1.54, 1.807) is 37.3 Å². The Morgan fingerprint density at radius 3 is 2.42 bits per heavy atom. The average molecular weight is 446 g/mol. The average Bonchev–Trinajstić information content (AvgIpc) is 3.26. The predicted octanol–water partition coefficient (Wildman–Crippen LogP) is 3.39. The molecule has 166 valence electrons. The fourth-order valence-electron chi connectivity index (χ4n) is 3.42. The SMILES string of the molecule is CCOc1ccc(NC(=O)c2ccc(C)c(NC(C)=O)c2)cc1S(=O)(=O)N1CCCC1. The van der Waals surface area contributed by atoms with Gasteiger partial charge in [0.1, 0.15) is 10.6 Å². The first-order valence-electron chi connectivity index (χ1n) is 10.2. The summed E-state index contributed by atoms with van der Waals surface area (Å²) in [4.78, 5) is 24.2. The van der Waals surface area contributed by atoms with Crippen LogP contribution in [0.15, 0.2) is 41.3 Å². The summed E-state index contributed by atoms with van der Waals surface area (Å²) in [6, 6.07) is 9.56.